The summed E-state index contributed by atoms with van der Waals surface area (Å²) in [5.41, 5.74) is -0.0671. The second-order valence-electron chi connectivity index (χ2n) is 2.76. The Kier molecular flexibility index (Phi) is 2.13. The van der Waals surface area contributed by atoms with Gasteiger partial charge >= 0.3 is 5.97 Å². The molecule has 2 N–H and O–H groups in total. The first-order valence-corrected chi connectivity index (χ1v) is 5.09. The number of thiophene rings is 1. The van der Waals surface area contributed by atoms with Crippen LogP contribution in [-0.4, -0.2) is 16.2 Å². The van der Waals surface area contributed by atoms with Crippen molar-refractivity contribution in [2.24, 2.45) is 0 Å². The minimum absolute atomic E-state index is 0.0671. The van der Waals surface area contributed by atoms with E-state index in [4.69, 9.17) is 5.11 Å². The summed E-state index contributed by atoms with van der Waals surface area (Å²) < 4.78 is 0.577. The molecule has 0 aliphatic carbocycles. The van der Waals surface area contributed by atoms with Gasteiger partial charge in [-0.2, -0.15) is 0 Å². The summed E-state index contributed by atoms with van der Waals surface area (Å²) in [5.74, 6) is -1.40. The molecule has 14 heavy (non-hydrogen) atoms. The van der Waals surface area contributed by atoms with Crippen LogP contribution in [0.2, 0.25) is 0 Å². The Labute approximate surface area is 89.0 Å². The summed E-state index contributed by atoms with van der Waals surface area (Å²) in [6, 6.07) is 3.45. The Morgan fingerprint density at radius 3 is 2.86 bits per heavy atom. The highest BCUT2D eigenvalue weighted by molar-refractivity contribution is 7.80. The number of carboxylic acid groups (broad SMARTS) is 1. The van der Waals surface area contributed by atoms with E-state index in [1.165, 1.54) is 11.3 Å². The van der Waals surface area contributed by atoms with E-state index >= 15 is 0 Å². The van der Waals surface area contributed by atoms with Crippen molar-refractivity contribution in [1.29, 1.82) is 0 Å². The molecular formula is C9H6O3S2. The van der Waals surface area contributed by atoms with E-state index in [1.54, 1.807) is 17.5 Å². The minimum Gasteiger partial charge on any atom is -0.506 e. The standard InChI is InChI=1S/C9H6O3S2/c10-7-5(13)3-4-1-2-14-8(4)6(7)9(11)12/h1-3,10,13H,(H,11,12). The van der Waals surface area contributed by atoms with Gasteiger partial charge < -0.3 is 10.2 Å². The Morgan fingerprint density at radius 2 is 2.21 bits per heavy atom. The molecule has 3 nitrogen and oxygen atoms in total. The summed E-state index contributed by atoms with van der Waals surface area (Å²) in [6.45, 7) is 0. The molecule has 0 aliphatic heterocycles. The number of carbonyl (C=O) groups is 1. The lowest BCUT2D eigenvalue weighted by molar-refractivity contribution is 0.0696. The molecule has 2 rings (SSSR count). The summed E-state index contributed by atoms with van der Waals surface area (Å²) in [6.07, 6.45) is 0. The van der Waals surface area contributed by atoms with Crippen molar-refractivity contribution < 1.29 is 15.0 Å². The third-order valence-electron chi connectivity index (χ3n) is 1.91. The van der Waals surface area contributed by atoms with Gasteiger partial charge in [-0.15, -0.1) is 24.0 Å². The van der Waals surface area contributed by atoms with E-state index < -0.39 is 5.97 Å². The van der Waals surface area contributed by atoms with E-state index in [1.807, 2.05) is 0 Å². The fourth-order valence-corrected chi connectivity index (χ4v) is 2.45. The Morgan fingerprint density at radius 1 is 1.50 bits per heavy atom. The third kappa shape index (κ3) is 1.25. The van der Waals surface area contributed by atoms with Crippen LogP contribution >= 0.6 is 24.0 Å². The first-order chi connectivity index (χ1) is 6.61. The lowest BCUT2D eigenvalue weighted by atomic mass is 10.1. The van der Waals surface area contributed by atoms with Crippen molar-refractivity contribution in [2.75, 3.05) is 0 Å². The molecule has 0 unspecified atom stereocenters. The Hall–Kier alpha value is -1.20. The average molecular weight is 226 g/mol. The fraction of sp³-hybridized carbons (Fsp3) is 0. The average Bonchev–Trinajstić information content (AvgIpc) is 2.52. The number of phenols is 1. The van der Waals surface area contributed by atoms with Crippen molar-refractivity contribution in [3.05, 3.63) is 23.1 Å². The molecule has 0 amide bonds. The number of carboxylic acids is 1. The molecule has 1 heterocycles. The molecule has 1 aromatic carbocycles. The number of thiol groups is 1. The number of rotatable bonds is 1. The van der Waals surface area contributed by atoms with Gasteiger partial charge in [-0.25, -0.2) is 4.79 Å². The SMILES string of the molecule is O=C(O)c1c(O)c(S)cc2ccsc12. The topological polar surface area (TPSA) is 57.5 Å². The van der Waals surface area contributed by atoms with Crippen molar-refractivity contribution in [3.8, 4) is 5.75 Å². The molecule has 2 aromatic rings. The molecule has 0 saturated heterocycles. The molecule has 0 fully saturated rings. The van der Waals surface area contributed by atoms with Crippen LogP contribution in [0.15, 0.2) is 22.4 Å². The maximum absolute atomic E-state index is 10.9. The third-order valence-corrected chi connectivity index (χ3v) is 3.20. The molecule has 1 aromatic heterocycles. The fourth-order valence-electron chi connectivity index (χ4n) is 1.29. The molecular weight excluding hydrogens is 220 g/mol. The largest absolute Gasteiger partial charge is 0.506 e. The molecule has 0 atom stereocenters. The van der Waals surface area contributed by atoms with Crippen molar-refractivity contribution in [3.63, 3.8) is 0 Å². The quantitative estimate of drug-likeness (QED) is 0.655. The monoisotopic (exact) mass is 226 g/mol. The highest BCUT2D eigenvalue weighted by Gasteiger charge is 2.17. The van der Waals surface area contributed by atoms with E-state index in [9.17, 15) is 9.90 Å². The zero-order valence-electron chi connectivity index (χ0n) is 6.89. The van der Waals surface area contributed by atoms with Gasteiger partial charge in [-0.1, -0.05) is 0 Å². The van der Waals surface area contributed by atoms with Gasteiger partial charge in [0.1, 0.15) is 11.3 Å². The maximum Gasteiger partial charge on any atom is 0.341 e. The van der Waals surface area contributed by atoms with E-state index in [2.05, 4.69) is 12.6 Å². The summed E-state index contributed by atoms with van der Waals surface area (Å²) in [7, 11) is 0. The molecule has 5 heteroatoms. The van der Waals surface area contributed by atoms with Gasteiger partial charge in [0.2, 0.25) is 0 Å². The van der Waals surface area contributed by atoms with E-state index in [0.717, 1.165) is 5.39 Å². The number of hydrogen-bond donors (Lipinski definition) is 3. The second kappa shape index (κ2) is 3.18. The zero-order valence-corrected chi connectivity index (χ0v) is 8.60. The molecule has 72 valence electrons. The van der Waals surface area contributed by atoms with Crippen LogP contribution in [0.4, 0.5) is 0 Å². The highest BCUT2D eigenvalue weighted by Crippen LogP contribution is 2.36. The minimum atomic E-state index is -1.13. The van der Waals surface area contributed by atoms with Gasteiger partial charge in [0.05, 0.1) is 4.70 Å². The summed E-state index contributed by atoms with van der Waals surface area (Å²) in [5, 5.41) is 21.0. The highest BCUT2D eigenvalue weighted by atomic mass is 32.1. The Balaban J connectivity index is 2.93. The van der Waals surface area contributed by atoms with Crippen molar-refractivity contribution in [1.82, 2.24) is 0 Å². The zero-order chi connectivity index (χ0) is 10.3. The first kappa shape index (κ1) is 9.36. The molecule has 0 radical (unpaired) electrons. The van der Waals surface area contributed by atoms with Gasteiger partial charge in [0.15, 0.2) is 0 Å². The molecule has 0 spiro atoms. The van der Waals surface area contributed by atoms with Gasteiger partial charge in [0.25, 0.3) is 0 Å². The van der Waals surface area contributed by atoms with E-state index in [0.29, 0.717) is 4.70 Å². The molecule has 0 saturated carbocycles. The molecule has 0 bridgehead atoms. The van der Waals surface area contributed by atoms with Crippen LogP contribution < -0.4 is 0 Å². The van der Waals surface area contributed by atoms with Gasteiger partial charge in [-0.05, 0) is 22.9 Å². The van der Waals surface area contributed by atoms with E-state index in [-0.39, 0.29) is 16.2 Å². The normalized spacial score (nSPS) is 10.6. The van der Waals surface area contributed by atoms with Crippen LogP contribution in [0.25, 0.3) is 10.1 Å². The van der Waals surface area contributed by atoms with Gasteiger partial charge in [0, 0.05) is 4.90 Å². The predicted molar refractivity (Wildman–Crippen MR) is 57.7 cm³/mol. The summed E-state index contributed by atoms with van der Waals surface area (Å²) in [4.78, 5) is 11.2. The number of benzene rings is 1. The van der Waals surface area contributed by atoms with Crippen molar-refractivity contribution in [2.45, 2.75) is 4.90 Å². The van der Waals surface area contributed by atoms with Crippen LogP contribution in [-0.2, 0) is 0 Å². The lowest BCUT2D eigenvalue weighted by Crippen LogP contribution is -1.97. The lowest BCUT2D eigenvalue weighted by Gasteiger charge is -2.03. The number of aromatic carboxylic acids is 1. The van der Waals surface area contributed by atoms with Crippen molar-refractivity contribution >= 4 is 40.0 Å². The Bertz CT molecular complexity index is 516. The summed E-state index contributed by atoms with van der Waals surface area (Å²) >= 11 is 5.29. The number of aromatic hydroxyl groups is 1. The number of fused-ring (bicyclic) bond motifs is 1. The van der Waals surface area contributed by atoms with Crippen LogP contribution in [0, 0.1) is 0 Å². The number of hydrogen-bond acceptors (Lipinski definition) is 4. The second-order valence-corrected chi connectivity index (χ2v) is 4.16. The smallest absolute Gasteiger partial charge is 0.341 e. The van der Waals surface area contributed by atoms with Crippen LogP contribution in [0.3, 0.4) is 0 Å². The van der Waals surface area contributed by atoms with Gasteiger partial charge in [-0.3, -0.25) is 0 Å². The maximum atomic E-state index is 10.9. The van der Waals surface area contributed by atoms with Crippen LogP contribution in [0.5, 0.6) is 5.75 Å². The first-order valence-electron chi connectivity index (χ1n) is 3.76. The van der Waals surface area contributed by atoms with Crippen LogP contribution in [0.1, 0.15) is 10.4 Å². The predicted octanol–water partition coefficient (Wildman–Crippen LogP) is 2.59. The molecule has 0 aliphatic rings.